The first-order valence-electron chi connectivity index (χ1n) is 8.86. The van der Waals surface area contributed by atoms with Gasteiger partial charge in [-0.2, -0.15) is 0 Å². The molecule has 7 heteroatoms. The zero-order valence-corrected chi connectivity index (χ0v) is 16.3. The highest BCUT2D eigenvalue weighted by Crippen LogP contribution is 2.28. The van der Waals surface area contributed by atoms with Crippen molar-refractivity contribution in [3.05, 3.63) is 59.9 Å². The number of carbonyl (C=O) groups is 2. The lowest BCUT2D eigenvalue weighted by Crippen LogP contribution is -2.52. The van der Waals surface area contributed by atoms with E-state index < -0.39 is 6.04 Å². The van der Waals surface area contributed by atoms with Crippen molar-refractivity contribution < 1.29 is 9.59 Å². The monoisotopic (exact) mass is 388 g/mol. The number of hydrogen-bond acceptors (Lipinski definition) is 4. The summed E-state index contributed by atoms with van der Waals surface area (Å²) in [7, 11) is 1.73. The van der Waals surface area contributed by atoms with Crippen LogP contribution in [0.5, 0.6) is 0 Å². The van der Waals surface area contributed by atoms with Crippen LogP contribution in [-0.4, -0.2) is 35.9 Å². The van der Waals surface area contributed by atoms with Crippen LogP contribution in [0.2, 0.25) is 0 Å². The molecule has 144 valence electrons. The second-order valence-electron chi connectivity index (χ2n) is 6.52. The van der Waals surface area contributed by atoms with Gasteiger partial charge in [0, 0.05) is 18.1 Å². The number of aryl methyl sites for hydroxylation is 1. The summed E-state index contributed by atoms with van der Waals surface area (Å²) in [6.45, 7) is 2.20. The van der Waals surface area contributed by atoms with Gasteiger partial charge in [-0.05, 0) is 50.1 Å². The van der Waals surface area contributed by atoms with E-state index in [1.807, 2.05) is 36.4 Å². The van der Waals surface area contributed by atoms with Gasteiger partial charge in [-0.3, -0.25) is 14.6 Å². The van der Waals surface area contributed by atoms with E-state index in [2.05, 4.69) is 15.6 Å². The van der Waals surface area contributed by atoms with Crippen molar-refractivity contribution in [2.24, 2.45) is 0 Å². The van der Waals surface area contributed by atoms with Crippen LogP contribution in [0.4, 0.5) is 5.69 Å². The minimum atomic E-state index is -0.539. The van der Waals surface area contributed by atoms with Crippen LogP contribution < -0.4 is 15.5 Å². The van der Waals surface area contributed by atoms with Crippen LogP contribution in [0, 0.1) is 0 Å². The number of anilines is 1. The molecule has 1 aromatic heterocycles. The first-order valence-corrected chi connectivity index (χ1v) is 8.86. The van der Waals surface area contributed by atoms with Crippen LogP contribution in [0.25, 0.3) is 0 Å². The van der Waals surface area contributed by atoms with Crippen LogP contribution in [-0.2, 0) is 22.6 Å². The number of hydrogen-bond donors (Lipinski definition) is 2. The summed E-state index contributed by atoms with van der Waals surface area (Å²) in [5, 5.41) is 5.81. The van der Waals surface area contributed by atoms with Gasteiger partial charge in [0.25, 0.3) is 0 Å². The molecule has 1 aromatic carbocycles. The van der Waals surface area contributed by atoms with Gasteiger partial charge in [0.15, 0.2) is 0 Å². The van der Waals surface area contributed by atoms with Crippen LogP contribution in [0.1, 0.15) is 24.5 Å². The predicted octanol–water partition coefficient (Wildman–Crippen LogP) is 2.08. The summed E-state index contributed by atoms with van der Waals surface area (Å²) in [4.78, 5) is 31.4. The molecule has 0 radical (unpaired) electrons. The minimum Gasteiger partial charge on any atom is -0.343 e. The lowest BCUT2D eigenvalue weighted by Gasteiger charge is -2.27. The normalized spacial score (nSPS) is 17.3. The number of para-hydroxylation sites is 1. The lowest BCUT2D eigenvalue weighted by atomic mass is 10.1. The number of pyridine rings is 1. The molecular formula is C20H25ClN4O2. The third-order valence-corrected chi connectivity index (χ3v) is 4.76. The summed E-state index contributed by atoms with van der Waals surface area (Å²) < 4.78 is 0. The SMILES string of the molecule is CN[C@@H](C)C(=O)N[C@H]1CCc2ccccc2N(Cc2cccnc2)C1=O.Cl. The van der Waals surface area contributed by atoms with Gasteiger partial charge in [-0.1, -0.05) is 24.3 Å². The number of aromatic nitrogens is 1. The molecule has 6 nitrogen and oxygen atoms in total. The molecule has 0 saturated heterocycles. The summed E-state index contributed by atoms with van der Waals surface area (Å²) in [6.07, 6.45) is 4.80. The number of halogens is 1. The molecule has 2 heterocycles. The molecule has 0 spiro atoms. The Morgan fingerprint density at radius 2 is 2.07 bits per heavy atom. The maximum atomic E-state index is 13.2. The fourth-order valence-electron chi connectivity index (χ4n) is 3.11. The van der Waals surface area contributed by atoms with Gasteiger partial charge in [0.2, 0.25) is 11.8 Å². The van der Waals surface area contributed by atoms with E-state index in [1.165, 1.54) is 0 Å². The first-order chi connectivity index (χ1) is 12.6. The van der Waals surface area contributed by atoms with Gasteiger partial charge in [0.1, 0.15) is 6.04 Å². The van der Waals surface area contributed by atoms with Crippen molar-refractivity contribution in [3.8, 4) is 0 Å². The Kier molecular flexibility index (Phi) is 7.33. The van der Waals surface area contributed by atoms with E-state index >= 15 is 0 Å². The number of likely N-dealkylation sites (N-methyl/N-ethyl adjacent to an activating group) is 1. The lowest BCUT2D eigenvalue weighted by molar-refractivity contribution is -0.128. The highest BCUT2D eigenvalue weighted by Gasteiger charge is 2.32. The molecule has 0 unspecified atom stereocenters. The standard InChI is InChI=1S/C20H24N4O2.ClH/c1-14(21-2)19(25)23-17-10-9-16-7-3-4-8-18(16)24(20(17)26)13-15-6-5-11-22-12-15;/h3-8,11-12,14,17,21H,9-10,13H2,1-2H3,(H,23,25);1H/t14-,17-;/m0./s1. The highest BCUT2D eigenvalue weighted by atomic mass is 35.5. The van der Waals surface area contributed by atoms with Gasteiger partial charge in [-0.25, -0.2) is 0 Å². The largest absolute Gasteiger partial charge is 0.343 e. The van der Waals surface area contributed by atoms with Crippen molar-refractivity contribution in [3.63, 3.8) is 0 Å². The molecule has 27 heavy (non-hydrogen) atoms. The Balaban J connectivity index is 0.00000261. The fourth-order valence-corrected chi connectivity index (χ4v) is 3.11. The summed E-state index contributed by atoms with van der Waals surface area (Å²) in [5.74, 6) is -0.256. The average molecular weight is 389 g/mol. The minimum absolute atomic E-state index is 0. The van der Waals surface area contributed by atoms with Gasteiger partial charge < -0.3 is 15.5 Å². The van der Waals surface area contributed by atoms with E-state index in [0.29, 0.717) is 13.0 Å². The van der Waals surface area contributed by atoms with Crippen molar-refractivity contribution in [2.45, 2.75) is 38.4 Å². The molecular weight excluding hydrogens is 364 g/mol. The third kappa shape index (κ3) is 4.84. The number of nitrogens with zero attached hydrogens (tertiary/aromatic N) is 2. The van der Waals surface area contributed by atoms with E-state index in [9.17, 15) is 9.59 Å². The predicted molar refractivity (Wildman–Crippen MR) is 108 cm³/mol. The zero-order valence-electron chi connectivity index (χ0n) is 15.5. The molecule has 2 aromatic rings. The summed E-state index contributed by atoms with van der Waals surface area (Å²) in [6, 6.07) is 10.8. The molecule has 0 saturated carbocycles. The number of nitrogens with one attached hydrogen (secondary N) is 2. The van der Waals surface area contributed by atoms with Crippen molar-refractivity contribution in [2.75, 3.05) is 11.9 Å². The molecule has 0 fully saturated rings. The number of amides is 2. The smallest absolute Gasteiger partial charge is 0.249 e. The van der Waals surface area contributed by atoms with E-state index in [1.54, 1.807) is 31.3 Å². The van der Waals surface area contributed by atoms with Gasteiger partial charge >= 0.3 is 0 Å². The average Bonchev–Trinajstić information content (AvgIpc) is 2.80. The molecule has 0 bridgehead atoms. The molecule has 3 rings (SSSR count). The maximum absolute atomic E-state index is 13.2. The Labute approximate surface area is 165 Å². The maximum Gasteiger partial charge on any atom is 0.249 e. The Morgan fingerprint density at radius 1 is 1.30 bits per heavy atom. The van der Waals surface area contributed by atoms with Gasteiger partial charge in [-0.15, -0.1) is 12.4 Å². The van der Waals surface area contributed by atoms with Crippen molar-refractivity contribution >= 4 is 29.9 Å². The molecule has 1 aliphatic heterocycles. The van der Waals surface area contributed by atoms with Crippen LogP contribution in [0.15, 0.2) is 48.8 Å². The van der Waals surface area contributed by atoms with Crippen LogP contribution in [0.3, 0.4) is 0 Å². The summed E-state index contributed by atoms with van der Waals surface area (Å²) >= 11 is 0. The number of benzene rings is 1. The zero-order chi connectivity index (χ0) is 18.5. The van der Waals surface area contributed by atoms with Crippen LogP contribution >= 0.6 is 12.4 Å². The second kappa shape index (κ2) is 9.48. The third-order valence-electron chi connectivity index (χ3n) is 4.76. The Bertz CT molecular complexity index is 785. The fraction of sp³-hybridized carbons (Fsp3) is 0.350. The Hall–Kier alpha value is -2.44. The molecule has 2 N–H and O–H groups in total. The number of carbonyl (C=O) groups excluding carboxylic acids is 2. The van der Waals surface area contributed by atoms with E-state index in [0.717, 1.165) is 23.2 Å². The summed E-state index contributed by atoms with van der Waals surface area (Å²) in [5.41, 5.74) is 2.97. The molecule has 2 amide bonds. The van der Waals surface area contributed by atoms with E-state index in [4.69, 9.17) is 0 Å². The molecule has 1 aliphatic rings. The highest BCUT2D eigenvalue weighted by molar-refractivity contribution is 6.00. The van der Waals surface area contributed by atoms with E-state index in [-0.39, 0.29) is 30.3 Å². The van der Waals surface area contributed by atoms with Gasteiger partial charge in [0.05, 0.1) is 12.6 Å². The Morgan fingerprint density at radius 3 is 2.78 bits per heavy atom. The number of fused-ring (bicyclic) bond motifs is 1. The first kappa shape index (κ1) is 20.9. The number of rotatable bonds is 5. The topological polar surface area (TPSA) is 74.3 Å². The molecule has 2 atom stereocenters. The van der Waals surface area contributed by atoms with Crippen molar-refractivity contribution in [1.29, 1.82) is 0 Å². The second-order valence-corrected chi connectivity index (χ2v) is 6.52. The molecule has 0 aliphatic carbocycles. The van der Waals surface area contributed by atoms with Crippen molar-refractivity contribution in [1.82, 2.24) is 15.6 Å². The quantitative estimate of drug-likeness (QED) is 0.822.